The Kier molecular flexibility index (Phi) is 5.05. The predicted octanol–water partition coefficient (Wildman–Crippen LogP) is 2.64. The molecule has 3 heterocycles. The van der Waals surface area contributed by atoms with Gasteiger partial charge in [-0.3, -0.25) is 9.58 Å². The highest BCUT2D eigenvalue weighted by molar-refractivity contribution is 5.51. The number of ether oxygens (including phenoxy) is 1. The summed E-state index contributed by atoms with van der Waals surface area (Å²) in [7, 11) is 3.72. The topological polar surface area (TPSA) is 69.2 Å². The Bertz CT molecular complexity index is 889. The number of benzene rings is 1. The van der Waals surface area contributed by atoms with Gasteiger partial charge in [0, 0.05) is 56.5 Å². The molecule has 0 N–H and O–H groups in total. The van der Waals surface area contributed by atoms with E-state index in [0.29, 0.717) is 24.3 Å². The van der Waals surface area contributed by atoms with Gasteiger partial charge >= 0.3 is 0 Å². The summed E-state index contributed by atoms with van der Waals surface area (Å²) in [4.78, 5) is 2.42. The molecule has 0 unspecified atom stereocenters. The SMILES string of the molecule is COC[C@@H]1CN(Cc2cnn(C)c2C)C[C@H]1c1nnc(-c2ccccc2)o1. The number of likely N-dealkylation sites (tertiary alicyclic amines) is 1. The quantitative estimate of drug-likeness (QED) is 0.667. The van der Waals surface area contributed by atoms with Crippen LogP contribution in [-0.4, -0.2) is 51.7 Å². The van der Waals surface area contributed by atoms with Gasteiger partial charge in [-0.15, -0.1) is 10.2 Å². The Hall–Kier alpha value is -2.51. The lowest BCUT2D eigenvalue weighted by Crippen LogP contribution is -2.21. The van der Waals surface area contributed by atoms with E-state index in [4.69, 9.17) is 9.15 Å². The van der Waals surface area contributed by atoms with Crippen LogP contribution >= 0.6 is 0 Å². The molecule has 0 aliphatic carbocycles. The Morgan fingerprint density at radius 2 is 2.00 bits per heavy atom. The molecule has 1 aliphatic heterocycles. The van der Waals surface area contributed by atoms with E-state index < -0.39 is 0 Å². The molecule has 3 aromatic rings. The maximum atomic E-state index is 6.04. The van der Waals surface area contributed by atoms with E-state index in [0.717, 1.165) is 25.2 Å². The van der Waals surface area contributed by atoms with Crippen molar-refractivity contribution < 1.29 is 9.15 Å². The van der Waals surface area contributed by atoms with Crippen LogP contribution in [-0.2, 0) is 18.3 Å². The molecule has 142 valence electrons. The molecule has 2 atom stereocenters. The van der Waals surface area contributed by atoms with Gasteiger partial charge in [-0.25, -0.2) is 0 Å². The summed E-state index contributed by atoms with van der Waals surface area (Å²) in [6.07, 6.45) is 1.95. The van der Waals surface area contributed by atoms with Gasteiger partial charge in [-0.1, -0.05) is 18.2 Å². The first kappa shape index (κ1) is 17.9. The number of aromatic nitrogens is 4. The smallest absolute Gasteiger partial charge is 0.247 e. The first-order valence-corrected chi connectivity index (χ1v) is 9.23. The van der Waals surface area contributed by atoms with Crippen LogP contribution in [0.1, 0.15) is 23.1 Å². The van der Waals surface area contributed by atoms with E-state index in [1.54, 1.807) is 7.11 Å². The highest BCUT2D eigenvalue weighted by atomic mass is 16.5. The molecule has 1 saturated heterocycles. The molecule has 1 fully saturated rings. The van der Waals surface area contributed by atoms with Crippen LogP contribution in [0, 0.1) is 12.8 Å². The molecule has 0 amide bonds. The van der Waals surface area contributed by atoms with Crippen LogP contribution in [0.3, 0.4) is 0 Å². The summed E-state index contributed by atoms with van der Waals surface area (Å²) < 4.78 is 13.4. The van der Waals surface area contributed by atoms with Crippen molar-refractivity contribution in [3.05, 3.63) is 53.7 Å². The first-order valence-electron chi connectivity index (χ1n) is 9.23. The Balaban J connectivity index is 1.52. The molecule has 7 heteroatoms. The third-order valence-electron chi connectivity index (χ3n) is 5.41. The average Bonchev–Trinajstić information content (AvgIpc) is 3.39. The van der Waals surface area contributed by atoms with Crippen molar-refractivity contribution in [3.63, 3.8) is 0 Å². The van der Waals surface area contributed by atoms with Gasteiger partial charge in [0.25, 0.3) is 0 Å². The summed E-state index contributed by atoms with van der Waals surface area (Å²) in [5.41, 5.74) is 3.40. The largest absolute Gasteiger partial charge is 0.420 e. The first-order chi connectivity index (χ1) is 13.2. The van der Waals surface area contributed by atoms with Gasteiger partial charge in [0.05, 0.1) is 18.7 Å². The van der Waals surface area contributed by atoms with E-state index in [-0.39, 0.29) is 5.92 Å². The summed E-state index contributed by atoms with van der Waals surface area (Å²) in [5, 5.41) is 13.0. The Morgan fingerprint density at radius 3 is 2.70 bits per heavy atom. The van der Waals surface area contributed by atoms with Crippen LogP contribution in [0.4, 0.5) is 0 Å². The summed E-state index contributed by atoms with van der Waals surface area (Å²) in [6.45, 7) is 5.47. The van der Waals surface area contributed by atoms with Crippen LogP contribution in [0.25, 0.3) is 11.5 Å². The number of hydrogen-bond acceptors (Lipinski definition) is 6. The molecule has 4 rings (SSSR count). The fourth-order valence-electron chi connectivity index (χ4n) is 3.77. The second-order valence-electron chi connectivity index (χ2n) is 7.21. The van der Waals surface area contributed by atoms with E-state index in [9.17, 15) is 0 Å². The number of methoxy groups -OCH3 is 1. The van der Waals surface area contributed by atoms with Crippen molar-refractivity contribution in [2.75, 3.05) is 26.8 Å². The van der Waals surface area contributed by atoms with Crippen LogP contribution in [0.2, 0.25) is 0 Å². The molecule has 2 aromatic heterocycles. The average molecular weight is 367 g/mol. The normalized spacial score (nSPS) is 20.4. The minimum absolute atomic E-state index is 0.173. The van der Waals surface area contributed by atoms with Crippen molar-refractivity contribution in [1.29, 1.82) is 0 Å². The number of rotatable bonds is 6. The summed E-state index contributed by atoms with van der Waals surface area (Å²) in [6, 6.07) is 9.89. The van der Waals surface area contributed by atoms with Crippen LogP contribution in [0.5, 0.6) is 0 Å². The standard InChI is InChI=1S/C20H25N5O2/c1-14-16(9-21-24(14)2)10-25-11-17(13-26-3)18(12-25)20-23-22-19(27-20)15-7-5-4-6-8-15/h4-9,17-18H,10-13H2,1-3H3/t17-,18+/m0/s1. The number of nitrogens with zero attached hydrogens (tertiary/aromatic N) is 5. The predicted molar refractivity (Wildman–Crippen MR) is 101 cm³/mol. The zero-order chi connectivity index (χ0) is 18.8. The molecule has 0 radical (unpaired) electrons. The number of aryl methyl sites for hydroxylation is 1. The zero-order valence-corrected chi connectivity index (χ0v) is 16.0. The van der Waals surface area contributed by atoms with Crippen molar-refractivity contribution in [3.8, 4) is 11.5 Å². The summed E-state index contributed by atoms with van der Waals surface area (Å²) >= 11 is 0. The Labute approximate surface area is 159 Å². The third kappa shape index (κ3) is 3.65. The maximum Gasteiger partial charge on any atom is 0.247 e. The minimum Gasteiger partial charge on any atom is -0.420 e. The van der Waals surface area contributed by atoms with Gasteiger partial charge in [-0.05, 0) is 19.1 Å². The molecule has 7 nitrogen and oxygen atoms in total. The molecule has 1 aliphatic rings. The van der Waals surface area contributed by atoms with Crippen molar-refractivity contribution in [2.45, 2.75) is 19.4 Å². The molecule has 1 aromatic carbocycles. The lowest BCUT2D eigenvalue weighted by atomic mass is 9.97. The minimum atomic E-state index is 0.173. The summed E-state index contributed by atoms with van der Waals surface area (Å²) in [5.74, 6) is 1.77. The van der Waals surface area contributed by atoms with Gasteiger partial charge in [0.2, 0.25) is 11.8 Å². The monoisotopic (exact) mass is 367 g/mol. The van der Waals surface area contributed by atoms with Gasteiger partial charge in [0.1, 0.15) is 0 Å². The third-order valence-corrected chi connectivity index (χ3v) is 5.41. The molecule has 27 heavy (non-hydrogen) atoms. The second kappa shape index (κ2) is 7.62. The lowest BCUT2D eigenvalue weighted by Gasteiger charge is -2.15. The lowest BCUT2D eigenvalue weighted by molar-refractivity contribution is 0.144. The zero-order valence-electron chi connectivity index (χ0n) is 16.0. The molecular weight excluding hydrogens is 342 g/mol. The molecule has 0 bridgehead atoms. The van der Waals surface area contributed by atoms with Crippen molar-refractivity contribution in [2.24, 2.45) is 13.0 Å². The maximum absolute atomic E-state index is 6.04. The van der Waals surface area contributed by atoms with Gasteiger partial charge < -0.3 is 9.15 Å². The van der Waals surface area contributed by atoms with Crippen LogP contribution < -0.4 is 0 Å². The van der Waals surface area contributed by atoms with E-state index in [1.165, 1.54) is 11.3 Å². The van der Waals surface area contributed by atoms with E-state index in [1.807, 2.05) is 48.3 Å². The fraction of sp³-hybridized carbons (Fsp3) is 0.450. The van der Waals surface area contributed by atoms with Gasteiger partial charge in [-0.2, -0.15) is 5.10 Å². The van der Waals surface area contributed by atoms with Crippen molar-refractivity contribution >= 4 is 0 Å². The molecule has 0 saturated carbocycles. The van der Waals surface area contributed by atoms with E-state index in [2.05, 4.69) is 27.1 Å². The Morgan fingerprint density at radius 1 is 1.19 bits per heavy atom. The highest BCUT2D eigenvalue weighted by Crippen LogP contribution is 2.34. The number of hydrogen-bond donors (Lipinski definition) is 0. The fourth-order valence-corrected chi connectivity index (χ4v) is 3.77. The van der Waals surface area contributed by atoms with Crippen molar-refractivity contribution in [1.82, 2.24) is 24.9 Å². The molecule has 0 spiro atoms. The van der Waals surface area contributed by atoms with E-state index >= 15 is 0 Å². The molecular formula is C20H25N5O2. The van der Waals surface area contributed by atoms with Gasteiger partial charge in [0.15, 0.2) is 0 Å². The highest BCUT2D eigenvalue weighted by Gasteiger charge is 2.37. The van der Waals surface area contributed by atoms with Crippen LogP contribution in [0.15, 0.2) is 40.9 Å². The second-order valence-corrected chi connectivity index (χ2v) is 7.21.